The third-order valence-corrected chi connectivity index (χ3v) is 6.20. The van der Waals surface area contributed by atoms with Gasteiger partial charge in [-0.3, -0.25) is 14.4 Å². The number of anilines is 1. The smallest absolute Gasteiger partial charge is 0.262 e. The number of hydrogen-bond donors (Lipinski definition) is 3. The van der Waals surface area contributed by atoms with Crippen molar-refractivity contribution in [2.45, 2.75) is 37.0 Å². The first-order valence-electron chi connectivity index (χ1n) is 9.83. The van der Waals surface area contributed by atoms with Crippen LogP contribution in [0.2, 0.25) is 0 Å². The van der Waals surface area contributed by atoms with Crippen molar-refractivity contribution in [1.82, 2.24) is 5.32 Å². The van der Waals surface area contributed by atoms with Gasteiger partial charge in [-0.25, -0.2) is 0 Å². The zero-order valence-electron chi connectivity index (χ0n) is 16.3. The van der Waals surface area contributed by atoms with Crippen LogP contribution in [-0.4, -0.2) is 28.1 Å². The van der Waals surface area contributed by atoms with Crippen molar-refractivity contribution in [3.05, 3.63) is 65.2 Å². The van der Waals surface area contributed by atoms with Crippen LogP contribution in [0.1, 0.15) is 46.8 Å². The molecule has 4 N–H and O–H groups in total. The number of nitrogens with two attached hydrogens (primary N) is 1. The van der Waals surface area contributed by atoms with Gasteiger partial charge in [-0.15, -0.1) is 0 Å². The third kappa shape index (κ3) is 4.54. The van der Waals surface area contributed by atoms with Crippen molar-refractivity contribution in [3.8, 4) is 0 Å². The Morgan fingerprint density at radius 2 is 2.00 bits per heavy atom. The highest BCUT2D eigenvalue weighted by Crippen LogP contribution is 2.30. The number of fused-ring (bicyclic) bond motifs is 1. The van der Waals surface area contributed by atoms with Crippen LogP contribution in [0.5, 0.6) is 0 Å². The Balaban J connectivity index is 1.39. The van der Waals surface area contributed by atoms with Crippen LogP contribution in [0.25, 0.3) is 0 Å². The van der Waals surface area contributed by atoms with E-state index in [2.05, 4.69) is 27.8 Å². The minimum absolute atomic E-state index is 0.0171. The van der Waals surface area contributed by atoms with Gasteiger partial charge >= 0.3 is 0 Å². The van der Waals surface area contributed by atoms with Gasteiger partial charge < -0.3 is 16.4 Å². The second-order valence-electron chi connectivity index (χ2n) is 7.34. The van der Waals surface area contributed by atoms with Crippen molar-refractivity contribution < 1.29 is 14.4 Å². The molecule has 2 unspecified atom stereocenters. The minimum Gasteiger partial charge on any atom is -0.378 e. The highest BCUT2D eigenvalue weighted by Gasteiger charge is 2.29. The zero-order valence-corrected chi connectivity index (χ0v) is 17.1. The van der Waals surface area contributed by atoms with E-state index in [4.69, 9.17) is 5.73 Å². The van der Waals surface area contributed by atoms with Gasteiger partial charge in [0.25, 0.3) is 11.8 Å². The van der Waals surface area contributed by atoms with E-state index in [-0.39, 0.29) is 29.4 Å². The molecule has 1 heterocycles. The van der Waals surface area contributed by atoms with Crippen molar-refractivity contribution >= 4 is 40.3 Å². The summed E-state index contributed by atoms with van der Waals surface area (Å²) in [7, 11) is 0. The first kappa shape index (κ1) is 20.2. The molecule has 0 aromatic heterocycles. The Labute approximate surface area is 178 Å². The average Bonchev–Trinajstić information content (AvgIpc) is 3.05. The molecule has 30 heavy (non-hydrogen) atoms. The Morgan fingerprint density at radius 1 is 1.17 bits per heavy atom. The van der Waals surface area contributed by atoms with Gasteiger partial charge in [0.05, 0.1) is 6.04 Å². The van der Waals surface area contributed by atoms with Gasteiger partial charge in [-0.1, -0.05) is 42.1 Å². The molecule has 2 aromatic carbocycles. The SMILES string of the molecule is NC1=NC(=O)C(CC(=O)Nc2cccc(C(=O)NC3CCCc4ccccc43)c2)S1. The van der Waals surface area contributed by atoms with E-state index in [9.17, 15) is 14.4 Å². The molecular formula is C22H22N4O3S. The quantitative estimate of drug-likeness (QED) is 0.686. The molecule has 8 heteroatoms. The number of aliphatic imine (C=N–C) groups is 1. The van der Waals surface area contributed by atoms with E-state index in [0.29, 0.717) is 11.3 Å². The summed E-state index contributed by atoms with van der Waals surface area (Å²) in [5, 5.41) is 5.44. The molecule has 154 valence electrons. The van der Waals surface area contributed by atoms with Crippen LogP contribution >= 0.6 is 11.8 Å². The number of nitrogens with one attached hydrogen (secondary N) is 2. The number of hydrogen-bond acceptors (Lipinski definition) is 5. The lowest BCUT2D eigenvalue weighted by atomic mass is 9.87. The number of amides is 3. The van der Waals surface area contributed by atoms with Crippen LogP contribution in [-0.2, 0) is 16.0 Å². The Kier molecular flexibility index (Phi) is 5.85. The summed E-state index contributed by atoms with van der Waals surface area (Å²) in [5.74, 6) is -0.909. The Bertz CT molecular complexity index is 1040. The topological polar surface area (TPSA) is 114 Å². The Morgan fingerprint density at radius 3 is 2.80 bits per heavy atom. The highest BCUT2D eigenvalue weighted by atomic mass is 32.2. The normalized spacial score (nSPS) is 20.3. The fourth-order valence-electron chi connectivity index (χ4n) is 3.80. The average molecular weight is 423 g/mol. The first-order chi connectivity index (χ1) is 14.5. The van der Waals surface area contributed by atoms with Gasteiger partial charge in [-0.2, -0.15) is 4.99 Å². The van der Waals surface area contributed by atoms with E-state index >= 15 is 0 Å². The number of aryl methyl sites for hydroxylation is 1. The highest BCUT2D eigenvalue weighted by molar-refractivity contribution is 8.15. The number of carbonyl (C=O) groups excluding carboxylic acids is 3. The largest absolute Gasteiger partial charge is 0.378 e. The molecule has 2 atom stereocenters. The molecular weight excluding hydrogens is 400 g/mol. The van der Waals surface area contributed by atoms with Crippen LogP contribution in [0.15, 0.2) is 53.5 Å². The van der Waals surface area contributed by atoms with Crippen molar-refractivity contribution in [3.63, 3.8) is 0 Å². The lowest BCUT2D eigenvalue weighted by Gasteiger charge is -2.26. The molecule has 2 aliphatic rings. The molecule has 3 amide bonds. The molecule has 7 nitrogen and oxygen atoms in total. The summed E-state index contributed by atoms with van der Waals surface area (Å²) in [6.45, 7) is 0. The lowest BCUT2D eigenvalue weighted by Crippen LogP contribution is -2.31. The second-order valence-corrected chi connectivity index (χ2v) is 8.57. The van der Waals surface area contributed by atoms with Crippen molar-refractivity contribution in [1.29, 1.82) is 0 Å². The predicted octanol–water partition coefficient (Wildman–Crippen LogP) is 2.78. The molecule has 2 aromatic rings. The molecule has 0 radical (unpaired) electrons. The molecule has 1 aliphatic carbocycles. The number of rotatable bonds is 5. The summed E-state index contributed by atoms with van der Waals surface area (Å²) < 4.78 is 0. The van der Waals surface area contributed by atoms with Gasteiger partial charge in [0.2, 0.25) is 5.91 Å². The van der Waals surface area contributed by atoms with Crippen LogP contribution in [0.4, 0.5) is 5.69 Å². The lowest BCUT2D eigenvalue weighted by molar-refractivity contribution is -0.121. The number of thioether (sulfide) groups is 1. The first-order valence-corrected chi connectivity index (χ1v) is 10.7. The second kappa shape index (κ2) is 8.71. The fourth-order valence-corrected chi connectivity index (χ4v) is 4.62. The van der Waals surface area contributed by atoms with E-state index in [0.717, 1.165) is 31.0 Å². The zero-order chi connectivity index (χ0) is 21.1. The van der Waals surface area contributed by atoms with Crippen LogP contribution in [0, 0.1) is 0 Å². The molecule has 0 bridgehead atoms. The summed E-state index contributed by atoms with van der Waals surface area (Å²) in [5.41, 5.74) is 8.93. The maximum atomic E-state index is 12.8. The molecule has 0 saturated heterocycles. The summed E-state index contributed by atoms with van der Waals surface area (Å²) in [6.07, 6.45) is 2.94. The molecule has 0 fully saturated rings. The summed E-state index contributed by atoms with van der Waals surface area (Å²) in [4.78, 5) is 40.4. The molecule has 0 saturated carbocycles. The van der Waals surface area contributed by atoms with E-state index < -0.39 is 11.2 Å². The number of benzene rings is 2. The van der Waals surface area contributed by atoms with Crippen molar-refractivity contribution in [2.75, 3.05) is 5.32 Å². The van der Waals surface area contributed by atoms with Gasteiger partial charge in [0.1, 0.15) is 5.25 Å². The van der Waals surface area contributed by atoms with Gasteiger partial charge in [-0.05, 0) is 48.6 Å². The monoisotopic (exact) mass is 422 g/mol. The minimum atomic E-state index is -0.595. The van der Waals surface area contributed by atoms with Gasteiger partial charge in [0.15, 0.2) is 5.17 Å². The molecule has 1 aliphatic heterocycles. The number of carbonyl (C=O) groups is 3. The van der Waals surface area contributed by atoms with Crippen LogP contribution < -0.4 is 16.4 Å². The van der Waals surface area contributed by atoms with Crippen molar-refractivity contribution in [2.24, 2.45) is 10.7 Å². The van der Waals surface area contributed by atoms with Crippen LogP contribution in [0.3, 0.4) is 0 Å². The number of nitrogens with zero attached hydrogens (tertiary/aromatic N) is 1. The van der Waals surface area contributed by atoms with E-state index in [1.54, 1.807) is 24.3 Å². The molecule has 4 rings (SSSR count). The summed E-state index contributed by atoms with van der Waals surface area (Å²) in [6, 6.07) is 14.9. The predicted molar refractivity (Wildman–Crippen MR) is 117 cm³/mol. The third-order valence-electron chi connectivity index (χ3n) is 5.21. The number of amidine groups is 1. The molecule has 0 spiro atoms. The maximum absolute atomic E-state index is 12.8. The standard InChI is InChI=1S/C22H22N4O3S/c23-22-26-21(29)18(30-22)12-19(27)24-15-8-3-7-14(11-15)20(28)25-17-10-4-6-13-5-1-2-9-16(13)17/h1-3,5,7-9,11,17-18H,4,6,10,12H2,(H,24,27)(H,25,28)(H2,23,26,29). The summed E-state index contributed by atoms with van der Waals surface area (Å²) >= 11 is 1.09. The maximum Gasteiger partial charge on any atom is 0.262 e. The van der Waals surface area contributed by atoms with E-state index in [1.807, 2.05) is 12.1 Å². The van der Waals surface area contributed by atoms with Gasteiger partial charge in [0, 0.05) is 17.7 Å². The van der Waals surface area contributed by atoms with E-state index in [1.165, 1.54) is 11.1 Å². The fraction of sp³-hybridized carbons (Fsp3) is 0.273. The Hall–Kier alpha value is -3.13.